The van der Waals surface area contributed by atoms with Gasteiger partial charge in [-0.05, 0) is 25.9 Å². The van der Waals surface area contributed by atoms with E-state index in [0.717, 1.165) is 25.9 Å². The van der Waals surface area contributed by atoms with Crippen molar-refractivity contribution in [3.63, 3.8) is 0 Å². The molecule has 1 aliphatic rings. The van der Waals surface area contributed by atoms with Crippen LogP contribution < -0.4 is 11.1 Å². The highest BCUT2D eigenvalue weighted by Crippen LogP contribution is 2.13. The van der Waals surface area contributed by atoms with Gasteiger partial charge in [0.2, 0.25) is 0 Å². The number of rotatable bonds is 2. The second-order valence-corrected chi connectivity index (χ2v) is 3.32. The molecule has 0 atom stereocenters. The topological polar surface area (TPSA) is 67.5 Å². The van der Waals surface area contributed by atoms with Gasteiger partial charge in [-0.25, -0.2) is 4.99 Å². The van der Waals surface area contributed by atoms with Crippen LogP contribution >= 0.6 is 0 Å². The quantitative estimate of drug-likeness (QED) is 0.477. The summed E-state index contributed by atoms with van der Waals surface area (Å²) < 4.78 is 0. The number of carbonyl (C=O) groups excluding carboxylic acids is 1. The van der Waals surface area contributed by atoms with Gasteiger partial charge in [0.1, 0.15) is 5.84 Å². The summed E-state index contributed by atoms with van der Waals surface area (Å²) in [5, 5.41) is 3.20. The van der Waals surface area contributed by atoms with Gasteiger partial charge in [0.15, 0.2) is 0 Å². The van der Waals surface area contributed by atoms with Crippen molar-refractivity contribution in [1.82, 2.24) is 5.32 Å². The molecule has 0 radical (unpaired) electrons. The summed E-state index contributed by atoms with van der Waals surface area (Å²) in [6.07, 6.45) is 2.43. The van der Waals surface area contributed by atoms with E-state index < -0.39 is 0 Å². The van der Waals surface area contributed by atoms with E-state index in [0.29, 0.717) is 12.3 Å². The number of hydrogen-bond donors (Lipinski definition) is 2. The van der Waals surface area contributed by atoms with Crippen LogP contribution in [0.4, 0.5) is 0 Å². The van der Waals surface area contributed by atoms with Gasteiger partial charge in [-0.1, -0.05) is 6.92 Å². The zero-order valence-corrected chi connectivity index (χ0v) is 8.05. The molecular weight excluding hydrogens is 166 g/mol. The Bertz CT molecular complexity index is 207. The van der Waals surface area contributed by atoms with E-state index in [9.17, 15) is 4.79 Å². The minimum atomic E-state index is -0.0409. The van der Waals surface area contributed by atoms with Gasteiger partial charge in [-0.2, -0.15) is 0 Å². The Morgan fingerprint density at radius 1 is 1.54 bits per heavy atom. The first kappa shape index (κ1) is 10.2. The van der Waals surface area contributed by atoms with E-state index in [1.807, 2.05) is 6.92 Å². The molecule has 0 aromatic heterocycles. The molecule has 4 nitrogen and oxygen atoms in total. The second-order valence-electron chi connectivity index (χ2n) is 3.32. The maximum atomic E-state index is 11.5. The highest BCUT2D eigenvalue weighted by atomic mass is 16.1. The minimum Gasteiger partial charge on any atom is -0.387 e. The Morgan fingerprint density at radius 3 is 2.69 bits per heavy atom. The highest BCUT2D eigenvalue weighted by molar-refractivity contribution is 5.94. The molecule has 1 aliphatic heterocycles. The number of carbonyl (C=O) groups is 1. The lowest BCUT2D eigenvalue weighted by Crippen LogP contribution is -2.32. The summed E-state index contributed by atoms with van der Waals surface area (Å²) in [4.78, 5) is 15.3. The van der Waals surface area contributed by atoms with Gasteiger partial charge in [-0.3, -0.25) is 4.79 Å². The molecule has 1 rings (SSSR count). The first-order valence-electron chi connectivity index (χ1n) is 4.81. The largest absolute Gasteiger partial charge is 0.387 e. The van der Waals surface area contributed by atoms with Gasteiger partial charge >= 0.3 is 0 Å². The Morgan fingerprint density at radius 2 is 2.15 bits per heavy atom. The van der Waals surface area contributed by atoms with Crippen LogP contribution in [0.25, 0.3) is 0 Å². The van der Waals surface area contributed by atoms with Crippen molar-refractivity contribution in [2.75, 3.05) is 13.1 Å². The molecule has 0 aliphatic carbocycles. The molecule has 0 aromatic rings. The van der Waals surface area contributed by atoms with Crippen molar-refractivity contribution >= 4 is 11.7 Å². The molecule has 3 N–H and O–H groups in total. The van der Waals surface area contributed by atoms with Crippen molar-refractivity contribution in [2.45, 2.75) is 26.2 Å². The van der Waals surface area contributed by atoms with Crippen molar-refractivity contribution in [3.05, 3.63) is 0 Å². The van der Waals surface area contributed by atoms with Gasteiger partial charge in [0.25, 0.3) is 5.91 Å². The predicted octanol–water partition coefficient (Wildman–Crippen LogP) is 0.280. The standard InChI is InChI=1S/C9H17N3O/c1-2-8(10)12-9(13)7-3-5-11-6-4-7/h7,11H,2-6H2,1H3,(H2,10,12,13). The average molecular weight is 183 g/mol. The third kappa shape index (κ3) is 3.14. The molecule has 1 amide bonds. The second kappa shape index (κ2) is 4.97. The highest BCUT2D eigenvalue weighted by Gasteiger charge is 2.20. The summed E-state index contributed by atoms with van der Waals surface area (Å²) in [5.41, 5.74) is 5.49. The van der Waals surface area contributed by atoms with E-state index in [1.165, 1.54) is 0 Å². The molecule has 74 valence electrons. The van der Waals surface area contributed by atoms with E-state index >= 15 is 0 Å². The van der Waals surface area contributed by atoms with Crippen LogP contribution in [0.3, 0.4) is 0 Å². The maximum Gasteiger partial charge on any atom is 0.250 e. The predicted molar refractivity (Wildman–Crippen MR) is 52.5 cm³/mol. The number of nitrogens with two attached hydrogens (primary N) is 1. The maximum absolute atomic E-state index is 11.5. The van der Waals surface area contributed by atoms with Crippen LogP contribution in [-0.2, 0) is 4.79 Å². The molecular formula is C9H17N3O. The van der Waals surface area contributed by atoms with Crippen LogP contribution in [-0.4, -0.2) is 24.8 Å². The van der Waals surface area contributed by atoms with Crippen LogP contribution in [0.2, 0.25) is 0 Å². The van der Waals surface area contributed by atoms with Gasteiger partial charge in [0.05, 0.1) is 0 Å². The molecule has 13 heavy (non-hydrogen) atoms. The zero-order valence-electron chi connectivity index (χ0n) is 8.05. The fraction of sp³-hybridized carbons (Fsp3) is 0.778. The molecule has 0 aromatic carbocycles. The Balaban J connectivity index is 2.46. The smallest absolute Gasteiger partial charge is 0.250 e. The van der Waals surface area contributed by atoms with Crippen LogP contribution in [0.1, 0.15) is 26.2 Å². The summed E-state index contributed by atoms with van der Waals surface area (Å²) in [6, 6.07) is 0. The van der Waals surface area contributed by atoms with Crippen LogP contribution in [0.5, 0.6) is 0 Å². The van der Waals surface area contributed by atoms with Gasteiger partial charge in [0, 0.05) is 12.3 Å². The van der Waals surface area contributed by atoms with E-state index in [4.69, 9.17) is 5.73 Å². The number of amidine groups is 1. The first-order valence-corrected chi connectivity index (χ1v) is 4.81. The van der Waals surface area contributed by atoms with E-state index in [-0.39, 0.29) is 11.8 Å². The number of piperidine rings is 1. The molecule has 0 saturated carbocycles. The van der Waals surface area contributed by atoms with Crippen LogP contribution in [0, 0.1) is 5.92 Å². The minimum absolute atomic E-state index is 0.0409. The normalized spacial score (nSPS) is 20.2. The van der Waals surface area contributed by atoms with Crippen molar-refractivity contribution in [1.29, 1.82) is 0 Å². The molecule has 1 saturated heterocycles. The number of aliphatic imine (C=N–C) groups is 1. The van der Waals surface area contributed by atoms with Crippen molar-refractivity contribution < 1.29 is 4.79 Å². The Kier molecular flexibility index (Phi) is 3.89. The van der Waals surface area contributed by atoms with Crippen molar-refractivity contribution in [2.24, 2.45) is 16.6 Å². The Hall–Kier alpha value is -0.900. The number of hydrogen-bond acceptors (Lipinski definition) is 2. The summed E-state index contributed by atoms with van der Waals surface area (Å²) in [6.45, 7) is 3.73. The average Bonchev–Trinajstić information content (AvgIpc) is 2.19. The molecule has 4 heteroatoms. The van der Waals surface area contributed by atoms with Crippen molar-refractivity contribution in [3.8, 4) is 0 Å². The molecule has 0 bridgehead atoms. The molecule has 0 unspecified atom stereocenters. The monoisotopic (exact) mass is 183 g/mol. The number of amides is 1. The number of nitrogens with one attached hydrogen (secondary N) is 1. The third-order valence-electron chi connectivity index (χ3n) is 2.30. The van der Waals surface area contributed by atoms with Crippen LogP contribution in [0.15, 0.2) is 4.99 Å². The lowest BCUT2D eigenvalue weighted by atomic mass is 9.97. The van der Waals surface area contributed by atoms with E-state index in [2.05, 4.69) is 10.3 Å². The third-order valence-corrected chi connectivity index (χ3v) is 2.30. The van der Waals surface area contributed by atoms with E-state index in [1.54, 1.807) is 0 Å². The fourth-order valence-electron chi connectivity index (χ4n) is 1.38. The van der Waals surface area contributed by atoms with Gasteiger partial charge in [-0.15, -0.1) is 0 Å². The zero-order chi connectivity index (χ0) is 9.68. The van der Waals surface area contributed by atoms with Gasteiger partial charge < -0.3 is 11.1 Å². The summed E-state index contributed by atoms with van der Waals surface area (Å²) in [7, 11) is 0. The lowest BCUT2D eigenvalue weighted by Gasteiger charge is -2.19. The lowest BCUT2D eigenvalue weighted by molar-refractivity contribution is -0.122. The molecule has 1 heterocycles. The molecule has 1 fully saturated rings. The number of nitrogens with zero attached hydrogens (tertiary/aromatic N) is 1. The fourth-order valence-corrected chi connectivity index (χ4v) is 1.38. The summed E-state index contributed by atoms with van der Waals surface area (Å²) >= 11 is 0. The summed E-state index contributed by atoms with van der Waals surface area (Å²) in [5.74, 6) is 0.496. The first-order chi connectivity index (χ1) is 6.24. The molecule has 0 spiro atoms. The Labute approximate surface area is 78.6 Å². The SMILES string of the molecule is CCC(N)=NC(=O)C1CCNCC1.